The molecule has 6 rings (SSSR count). The molecule has 1 unspecified atom stereocenters. The topological polar surface area (TPSA) is 214 Å². The minimum absolute atomic E-state index is 0.00726. The second-order valence-electron chi connectivity index (χ2n) is 11.4. The van der Waals surface area contributed by atoms with Crippen LogP contribution in [0.15, 0.2) is 34.7 Å². The molecule has 3 aliphatic rings. The third-order valence-corrected chi connectivity index (χ3v) is 11.5. The van der Waals surface area contributed by atoms with Crippen molar-refractivity contribution in [2.45, 2.75) is 56.3 Å². The van der Waals surface area contributed by atoms with Crippen LogP contribution < -0.4 is 10.3 Å². The van der Waals surface area contributed by atoms with Crippen molar-refractivity contribution in [1.29, 1.82) is 5.26 Å². The summed E-state index contributed by atoms with van der Waals surface area (Å²) in [5.74, 6) is 0.0950. The quantitative estimate of drug-likeness (QED) is 0.147. The summed E-state index contributed by atoms with van der Waals surface area (Å²) in [6.45, 7) is -7.48. The van der Waals surface area contributed by atoms with Crippen LogP contribution in [0.2, 0.25) is 0 Å². The summed E-state index contributed by atoms with van der Waals surface area (Å²) in [6.07, 6.45) is 3.57. The molecule has 3 aromatic heterocycles. The van der Waals surface area contributed by atoms with Gasteiger partial charge in [0.05, 0.1) is 57.2 Å². The van der Waals surface area contributed by atoms with Crippen molar-refractivity contribution in [1.82, 2.24) is 34.4 Å². The van der Waals surface area contributed by atoms with E-state index in [1.54, 1.807) is 35.8 Å². The number of fused-ring (bicyclic) bond motifs is 4. The zero-order valence-electron chi connectivity index (χ0n) is 25.8. The molecule has 22 heteroatoms. The molecule has 48 heavy (non-hydrogen) atoms. The summed E-state index contributed by atoms with van der Waals surface area (Å²) in [6, 6.07) is 3.67. The maximum atomic E-state index is 12.9. The highest BCUT2D eigenvalue weighted by atomic mass is 32.5. The standard InChI is InChI=1S/C26H33N9O9P2S2/c1-34(2)14-31-26-32-23-22(24(36)33-26)30-15-35(23)25-20-10-18(42-25)12-39-45(37,47)43-19-9-17(41-21-4-6-28-13-29-21)8-16(19)11-40-46(48,44-20)38-7-3-5-27/h4,6,13-20,25H,3,7-12H2,1-2H3,(H,37,47)(H,32,33,36)/t16-,17-,18+,19+,20-,25-,45?,46-/m1/s1. The van der Waals surface area contributed by atoms with Gasteiger partial charge >= 0.3 is 13.4 Å². The van der Waals surface area contributed by atoms with Crippen molar-refractivity contribution in [2.24, 2.45) is 10.9 Å². The van der Waals surface area contributed by atoms with Crippen molar-refractivity contribution in [3.63, 3.8) is 0 Å². The van der Waals surface area contributed by atoms with E-state index in [9.17, 15) is 14.9 Å². The minimum Gasteiger partial charge on any atom is -0.474 e. The molecular formula is C26H33N9O9P2S2. The summed E-state index contributed by atoms with van der Waals surface area (Å²) in [4.78, 5) is 49.2. The van der Waals surface area contributed by atoms with Gasteiger partial charge in [0.1, 0.15) is 18.5 Å². The fourth-order valence-corrected chi connectivity index (χ4v) is 9.16. The van der Waals surface area contributed by atoms with E-state index < -0.39 is 43.5 Å². The first-order valence-corrected chi connectivity index (χ1v) is 20.0. The zero-order valence-corrected chi connectivity index (χ0v) is 29.2. The average Bonchev–Trinajstić information content (AvgIpc) is 3.75. The summed E-state index contributed by atoms with van der Waals surface area (Å²) in [7, 11) is 3.56. The molecule has 2 N–H and O–H groups in total. The molecular weight excluding hydrogens is 708 g/mol. The predicted octanol–water partition coefficient (Wildman–Crippen LogP) is 2.46. The fourth-order valence-electron chi connectivity index (χ4n) is 5.48. The van der Waals surface area contributed by atoms with E-state index in [0.717, 1.165) is 0 Å². The number of aromatic amines is 1. The number of hydrogen-bond acceptors (Lipinski definition) is 16. The second kappa shape index (κ2) is 15.0. The summed E-state index contributed by atoms with van der Waals surface area (Å²) < 4.78 is 44.4. The van der Waals surface area contributed by atoms with E-state index in [-0.39, 0.29) is 61.8 Å². The Hall–Kier alpha value is -2.79. The molecule has 2 aliphatic heterocycles. The molecule has 0 amide bonds. The minimum atomic E-state index is -3.77. The van der Waals surface area contributed by atoms with Crippen LogP contribution in [0.25, 0.3) is 11.2 Å². The molecule has 3 fully saturated rings. The largest absolute Gasteiger partial charge is 0.474 e. The third-order valence-electron chi connectivity index (χ3n) is 7.55. The smallest absolute Gasteiger partial charge is 0.327 e. The first kappa shape index (κ1) is 35.1. The Kier molecular flexibility index (Phi) is 10.9. The zero-order chi connectivity index (χ0) is 33.9. The number of aromatic nitrogens is 6. The van der Waals surface area contributed by atoms with Crippen molar-refractivity contribution in [2.75, 3.05) is 33.9 Å². The Morgan fingerprint density at radius 3 is 2.85 bits per heavy atom. The Labute approximate surface area is 284 Å². The molecule has 2 saturated heterocycles. The number of hydrogen-bond donors (Lipinski definition) is 2. The lowest BCUT2D eigenvalue weighted by molar-refractivity contribution is -0.0497. The van der Waals surface area contributed by atoms with Crippen molar-refractivity contribution in [3.8, 4) is 11.9 Å². The van der Waals surface area contributed by atoms with Gasteiger partial charge in [0.15, 0.2) is 17.4 Å². The third kappa shape index (κ3) is 8.49. The Morgan fingerprint density at radius 1 is 1.23 bits per heavy atom. The number of aliphatic imine (C=N–C) groups is 1. The Morgan fingerprint density at radius 2 is 2.08 bits per heavy atom. The molecule has 1 aliphatic carbocycles. The molecule has 258 valence electrons. The van der Waals surface area contributed by atoms with Crippen molar-refractivity contribution in [3.05, 3.63) is 35.3 Å². The van der Waals surface area contributed by atoms with E-state index >= 15 is 0 Å². The van der Waals surface area contributed by atoms with Gasteiger partial charge < -0.3 is 41.9 Å². The van der Waals surface area contributed by atoms with Gasteiger partial charge in [0.2, 0.25) is 11.8 Å². The molecule has 3 aromatic rings. The molecule has 18 nitrogen and oxygen atoms in total. The van der Waals surface area contributed by atoms with Gasteiger partial charge in [-0.05, 0) is 30.0 Å². The highest BCUT2D eigenvalue weighted by Gasteiger charge is 2.46. The second-order valence-corrected chi connectivity index (χ2v) is 17.1. The lowest BCUT2D eigenvalue weighted by atomic mass is 10.1. The number of rotatable bonds is 8. The lowest BCUT2D eigenvalue weighted by Gasteiger charge is -2.30. The number of nitrogens with one attached hydrogen (secondary N) is 1. The summed E-state index contributed by atoms with van der Waals surface area (Å²) in [5, 5.41) is 9.18. The first-order valence-electron chi connectivity index (χ1n) is 14.9. The van der Waals surface area contributed by atoms with Gasteiger partial charge in [-0.25, -0.2) is 19.9 Å². The van der Waals surface area contributed by atoms with Gasteiger partial charge in [-0.3, -0.25) is 14.3 Å². The Balaban J connectivity index is 1.30. The number of H-pyrrole nitrogens is 1. The van der Waals surface area contributed by atoms with E-state index in [1.165, 1.54) is 19.0 Å². The fraction of sp³-hybridized carbons (Fsp3) is 0.577. The normalized spacial score (nSPS) is 32.6. The number of nitriles is 1. The highest BCUT2D eigenvalue weighted by molar-refractivity contribution is 8.07. The van der Waals surface area contributed by atoms with Gasteiger partial charge in [0.25, 0.3) is 5.56 Å². The van der Waals surface area contributed by atoms with Crippen LogP contribution in [-0.2, 0) is 51.0 Å². The number of nitrogens with zero attached hydrogens (tertiary/aromatic N) is 8. The maximum Gasteiger partial charge on any atom is 0.327 e. The van der Waals surface area contributed by atoms with Gasteiger partial charge in [0, 0.05) is 45.1 Å². The van der Waals surface area contributed by atoms with Gasteiger partial charge in [-0.1, -0.05) is 0 Å². The summed E-state index contributed by atoms with van der Waals surface area (Å²) in [5.41, 5.74) is -0.257. The monoisotopic (exact) mass is 741 g/mol. The molecule has 0 aromatic carbocycles. The number of ether oxygens (including phenoxy) is 2. The van der Waals surface area contributed by atoms with Crippen LogP contribution >= 0.6 is 13.4 Å². The van der Waals surface area contributed by atoms with Gasteiger partial charge in [-0.15, -0.1) is 0 Å². The van der Waals surface area contributed by atoms with Crippen LogP contribution in [0.4, 0.5) is 5.95 Å². The first-order chi connectivity index (χ1) is 23.0. The molecule has 0 radical (unpaired) electrons. The SMILES string of the molecule is CN(C)C=Nc1nc2c(ncn2[C@@H]2O[C@@H]3COP(O)(=S)O[C@H]4C[C@H](Oc5ccncn5)C[C@@H]4CO[P@](=S)(OCCC#N)O[C@@H]2C3)c(=O)[nH]1. The van der Waals surface area contributed by atoms with Crippen LogP contribution in [0.1, 0.15) is 31.9 Å². The van der Waals surface area contributed by atoms with E-state index in [1.807, 2.05) is 6.07 Å². The molecule has 8 atom stereocenters. The van der Waals surface area contributed by atoms with E-state index in [4.69, 9.17) is 55.7 Å². The van der Waals surface area contributed by atoms with Crippen molar-refractivity contribution >= 4 is 60.5 Å². The highest BCUT2D eigenvalue weighted by Crippen LogP contribution is 2.57. The van der Waals surface area contributed by atoms with Crippen LogP contribution in [0, 0.1) is 17.2 Å². The predicted molar refractivity (Wildman–Crippen MR) is 176 cm³/mol. The van der Waals surface area contributed by atoms with Crippen LogP contribution in [0.5, 0.6) is 5.88 Å². The van der Waals surface area contributed by atoms with E-state index in [0.29, 0.717) is 18.7 Å². The Bertz CT molecular complexity index is 1830. The van der Waals surface area contributed by atoms with Crippen LogP contribution in [0.3, 0.4) is 0 Å². The molecule has 1 saturated carbocycles. The average molecular weight is 742 g/mol. The van der Waals surface area contributed by atoms with Crippen molar-refractivity contribution < 1.29 is 37.0 Å². The lowest BCUT2D eigenvalue weighted by Crippen LogP contribution is -2.25. The molecule has 5 heterocycles. The van der Waals surface area contributed by atoms with E-state index in [2.05, 4.69) is 29.9 Å². The summed E-state index contributed by atoms with van der Waals surface area (Å²) >= 11 is 11.3. The molecule has 2 bridgehead atoms. The maximum absolute atomic E-state index is 12.9. The van der Waals surface area contributed by atoms with Crippen LogP contribution in [-0.4, -0.2) is 104 Å². The molecule has 0 spiro atoms. The number of imidazole rings is 1. The van der Waals surface area contributed by atoms with Gasteiger partial charge in [-0.2, -0.15) is 10.2 Å².